The minimum atomic E-state index is 0.291. The number of rotatable bonds is 3. The Labute approximate surface area is 83.0 Å². The molecule has 0 unspecified atom stereocenters. The Morgan fingerprint density at radius 3 is 3.07 bits per heavy atom. The fourth-order valence-corrected chi connectivity index (χ4v) is 1.52. The number of aryl methyl sites for hydroxylation is 1. The topological polar surface area (TPSA) is 37.5 Å². The van der Waals surface area contributed by atoms with Gasteiger partial charge in [-0.3, -0.25) is 0 Å². The number of fused-ring (bicyclic) bond motifs is 1. The van der Waals surface area contributed by atoms with Gasteiger partial charge in [0.25, 0.3) is 0 Å². The van der Waals surface area contributed by atoms with E-state index in [0.717, 1.165) is 24.1 Å². The maximum Gasteiger partial charge on any atom is 0.119 e. The van der Waals surface area contributed by atoms with Crippen LogP contribution in [0.1, 0.15) is 25.5 Å². The molecule has 0 saturated heterocycles. The molecule has 0 radical (unpaired) electrons. The van der Waals surface area contributed by atoms with Crippen molar-refractivity contribution in [2.75, 3.05) is 0 Å². The molecule has 0 amide bonds. The SMILES string of the molecule is CCCCc1cc2cc(O)ccn2n1. The average molecular weight is 190 g/mol. The minimum absolute atomic E-state index is 0.291. The second-order valence-corrected chi connectivity index (χ2v) is 3.49. The molecule has 0 aliphatic heterocycles. The van der Waals surface area contributed by atoms with Gasteiger partial charge in [-0.25, -0.2) is 4.52 Å². The molecule has 0 bridgehead atoms. The van der Waals surface area contributed by atoms with E-state index < -0.39 is 0 Å². The Morgan fingerprint density at radius 2 is 2.29 bits per heavy atom. The summed E-state index contributed by atoms with van der Waals surface area (Å²) < 4.78 is 1.80. The summed E-state index contributed by atoms with van der Waals surface area (Å²) in [7, 11) is 0. The number of pyridine rings is 1. The van der Waals surface area contributed by atoms with Gasteiger partial charge in [-0.05, 0) is 25.0 Å². The highest BCUT2D eigenvalue weighted by atomic mass is 16.3. The molecule has 0 aliphatic carbocycles. The van der Waals surface area contributed by atoms with Crippen molar-refractivity contribution in [3.05, 3.63) is 30.1 Å². The van der Waals surface area contributed by atoms with E-state index in [1.165, 1.54) is 6.42 Å². The van der Waals surface area contributed by atoms with E-state index in [1.54, 1.807) is 22.8 Å². The van der Waals surface area contributed by atoms with Crippen LogP contribution >= 0.6 is 0 Å². The zero-order chi connectivity index (χ0) is 9.97. The van der Waals surface area contributed by atoms with E-state index in [4.69, 9.17) is 0 Å². The fraction of sp³-hybridized carbons (Fsp3) is 0.364. The predicted octanol–water partition coefficient (Wildman–Crippen LogP) is 2.38. The smallest absolute Gasteiger partial charge is 0.119 e. The number of unbranched alkanes of at least 4 members (excludes halogenated alkanes) is 1. The van der Waals surface area contributed by atoms with E-state index in [2.05, 4.69) is 12.0 Å². The van der Waals surface area contributed by atoms with Gasteiger partial charge >= 0.3 is 0 Å². The Hall–Kier alpha value is -1.51. The van der Waals surface area contributed by atoms with Crippen LogP contribution < -0.4 is 0 Å². The van der Waals surface area contributed by atoms with Crippen LogP contribution in [0.3, 0.4) is 0 Å². The van der Waals surface area contributed by atoms with Crippen molar-refractivity contribution in [2.45, 2.75) is 26.2 Å². The molecule has 74 valence electrons. The third kappa shape index (κ3) is 1.71. The van der Waals surface area contributed by atoms with Gasteiger partial charge < -0.3 is 5.11 Å². The van der Waals surface area contributed by atoms with Crippen molar-refractivity contribution >= 4 is 5.52 Å². The summed E-state index contributed by atoms with van der Waals surface area (Å²) >= 11 is 0. The molecule has 3 nitrogen and oxygen atoms in total. The fourth-order valence-electron chi connectivity index (χ4n) is 1.52. The van der Waals surface area contributed by atoms with Gasteiger partial charge in [0.05, 0.1) is 11.2 Å². The highest BCUT2D eigenvalue weighted by Crippen LogP contribution is 2.14. The van der Waals surface area contributed by atoms with Gasteiger partial charge in [0.2, 0.25) is 0 Å². The molecule has 0 aromatic carbocycles. The number of hydrogen-bond acceptors (Lipinski definition) is 2. The summed E-state index contributed by atoms with van der Waals surface area (Å²) in [5, 5.41) is 13.7. The van der Waals surface area contributed by atoms with Crippen molar-refractivity contribution < 1.29 is 5.11 Å². The first-order valence-corrected chi connectivity index (χ1v) is 4.97. The van der Waals surface area contributed by atoms with Crippen LogP contribution in [-0.2, 0) is 6.42 Å². The predicted molar refractivity (Wildman–Crippen MR) is 55.5 cm³/mol. The second kappa shape index (κ2) is 3.70. The second-order valence-electron chi connectivity index (χ2n) is 3.49. The van der Waals surface area contributed by atoms with Crippen LogP contribution in [0.15, 0.2) is 24.4 Å². The Kier molecular flexibility index (Phi) is 2.39. The van der Waals surface area contributed by atoms with Crippen LogP contribution in [0, 0.1) is 0 Å². The molecular formula is C11H14N2O. The monoisotopic (exact) mass is 190 g/mol. The molecule has 0 saturated carbocycles. The quantitative estimate of drug-likeness (QED) is 0.806. The zero-order valence-corrected chi connectivity index (χ0v) is 8.27. The lowest BCUT2D eigenvalue weighted by Gasteiger charge is -1.92. The van der Waals surface area contributed by atoms with E-state index in [0.29, 0.717) is 5.75 Å². The van der Waals surface area contributed by atoms with Gasteiger partial charge in [-0.1, -0.05) is 13.3 Å². The highest BCUT2D eigenvalue weighted by molar-refractivity contribution is 5.51. The van der Waals surface area contributed by atoms with Crippen molar-refractivity contribution in [3.8, 4) is 5.75 Å². The standard InChI is InChI=1S/C11H14N2O/c1-2-3-4-9-7-10-8-11(14)5-6-13(10)12-9/h5-8,14H,2-4H2,1H3. The summed E-state index contributed by atoms with van der Waals surface area (Å²) in [6.07, 6.45) is 5.13. The number of aromatic hydroxyl groups is 1. The van der Waals surface area contributed by atoms with Crippen molar-refractivity contribution in [3.63, 3.8) is 0 Å². The van der Waals surface area contributed by atoms with E-state index in [-0.39, 0.29) is 0 Å². The van der Waals surface area contributed by atoms with Crippen molar-refractivity contribution in [1.82, 2.24) is 9.61 Å². The van der Waals surface area contributed by atoms with E-state index in [1.807, 2.05) is 6.07 Å². The summed E-state index contributed by atoms with van der Waals surface area (Å²) in [6.45, 7) is 2.17. The summed E-state index contributed by atoms with van der Waals surface area (Å²) in [4.78, 5) is 0. The maximum atomic E-state index is 9.27. The minimum Gasteiger partial charge on any atom is -0.508 e. The van der Waals surface area contributed by atoms with Gasteiger partial charge in [0, 0.05) is 12.3 Å². The normalized spacial score (nSPS) is 10.9. The van der Waals surface area contributed by atoms with Gasteiger partial charge in [0.1, 0.15) is 5.75 Å². The Bertz CT molecular complexity index is 434. The van der Waals surface area contributed by atoms with Gasteiger partial charge in [-0.2, -0.15) is 5.10 Å². The lowest BCUT2D eigenvalue weighted by Crippen LogP contribution is -1.88. The van der Waals surface area contributed by atoms with Crippen LogP contribution in [0.2, 0.25) is 0 Å². The van der Waals surface area contributed by atoms with E-state index >= 15 is 0 Å². The molecule has 1 N–H and O–H groups in total. The van der Waals surface area contributed by atoms with Crippen LogP contribution in [0.25, 0.3) is 5.52 Å². The van der Waals surface area contributed by atoms with Gasteiger partial charge in [0.15, 0.2) is 0 Å². The molecule has 0 spiro atoms. The summed E-state index contributed by atoms with van der Waals surface area (Å²) in [5.41, 5.74) is 2.05. The number of nitrogens with zero attached hydrogens (tertiary/aromatic N) is 2. The largest absolute Gasteiger partial charge is 0.508 e. The maximum absolute atomic E-state index is 9.27. The van der Waals surface area contributed by atoms with Crippen LogP contribution in [0.5, 0.6) is 5.75 Å². The molecule has 14 heavy (non-hydrogen) atoms. The number of hydrogen-bond donors (Lipinski definition) is 1. The first-order chi connectivity index (χ1) is 6.79. The van der Waals surface area contributed by atoms with Crippen LogP contribution in [-0.4, -0.2) is 14.7 Å². The van der Waals surface area contributed by atoms with Crippen molar-refractivity contribution in [1.29, 1.82) is 0 Å². The molecular weight excluding hydrogens is 176 g/mol. The lowest BCUT2D eigenvalue weighted by atomic mass is 10.2. The highest BCUT2D eigenvalue weighted by Gasteiger charge is 2.01. The molecule has 2 aromatic heterocycles. The molecule has 2 heterocycles. The molecule has 0 aliphatic rings. The average Bonchev–Trinajstić information content (AvgIpc) is 2.56. The first-order valence-electron chi connectivity index (χ1n) is 4.97. The van der Waals surface area contributed by atoms with Crippen molar-refractivity contribution in [2.24, 2.45) is 0 Å². The number of aromatic nitrogens is 2. The molecule has 0 atom stereocenters. The Balaban J connectivity index is 2.32. The molecule has 2 aromatic rings. The molecule has 0 fully saturated rings. The first kappa shape index (κ1) is 9.06. The molecule has 3 heteroatoms. The van der Waals surface area contributed by atoms with Gasteiger partial charge in [-0.15, -0.1) is 0 Å². The Morgan fingerprint density at radius 1 is 1.43 bits per heavy atom. The zero-order valence-electron chi connectivity index (χ0n) is 8.27. The summed E-state index contributed by atoms with van der Waals surface area (Å²) in [5.74, 6) is 0.291. The summed E-state index contributed by atoms with van der Waals surface area (Å²) in [6, 6.07) is 5.39. The molecule has 2 rings (SSSR count). The van der Waals surface area contributed by atoms with E-state index in [9.17, 15) is 5.11 Å². The third-order valence-corrected chi connectivity index (χ3v) is 2.28. The lowest BCUT2D eigenvalue weighted by molar-refractivity contribution is 0.475. The van der Waals surface area contributed by atoms with Crippen LogP contribution in [0.4, 0.5) is 0 Å². The third-order valence-electron chi connectivity index (χ3n) is 2.28.